The number of hydrogen-bond acceptors (Lipinski definition) is 1. The first-order valence-corrected chi connectivity index (χ1v) is 7.00. The summed E-state index contributed by atoms with van der Waals surface area (Å²) in [5.74, 6) is 2.93. The van der Waals surface area contributed by atoms with E-state index in [0.29, 0.717) is 11.8 Å². The maximum absolute atomic E-state index is 5.76. The first kappa shape index (κ1) is 12.8. The normalized spacial score (nSPS) is 17.2. The van der Waals surface area contributed by atoms with E-state index in [2.05, 4.69) is 39.0 Å². The highest BCUT2D eigenvalue weighted by Crippen LogP contribution is 2.46. The van der Waals surface area contributed by atoms with E-state index >= 15 is 0 Å². The Morgan fingerprint density at radius 2 is 1.88 bits per heavy atom. The van der Waals surface area contributed by atoms with E-state index in [4.69, 9.17) is 16.3 Å². The molecule has 1 fully saturated rings. The van der Waals surface area contributed by atoms with Crippen molar-refractivity contribution in [1.82, 2.24) is 0 Å². The van der Waals surface area contributed by atoms with Gasteiger partial charge in [-0.2, -0.15) is 0 Å². The van der Waals surface area contributed by atoms with E-state index in [0.717, 1.165) is 11.7 Å². The lowest BCUT2D eigenvalue weighted by molar-refractivity contribution is 0.372. The van der Waals surface area contributed by atoms with Gasteiger partial charge in [0.2, 0.25) is 0 Å². The highest BCUT2D eigenvalue weighted by Gasteiger charge is 2.31. The Bertz CT molecular complexity index is 383. The van der Waals surface area contributed by atoms with Crippen LogP contribution in [0.15, 0.2) is 18.2 Å². The van der Waals surface area contributed by atoms with E-state index in [1.807, 2.05) is 0 Å². The van der Waals surface area contributed by atoms with Crippen LogP contribution in [0.4, 0.5) is 0 Å². The van der Waals surface area contributed by atoms with E-state index in [1.165, 1.54) is 24.0 Å². The minimum absolute atomic E-state index is 0.230. The van der Waals surface area contributed by atoms with Gasteiger partial charge >= 0.3 is 0 Å². The van der Waals surface area contributed by atoms with Crippen molar-refractivity contribution in [3.63, 3.8) is 0 Å². The molecular formula is C15H21ClO. The Morgan fingerprint density at radius 3 is 2.41 bits per heavy atom. The molecule has 0 unspecified atom stereocenters. The van der Waals surface area contributed by atoms with Crippen LogP contribution in [0.2, 0.25) is 0 Å². The molecule has 0 heterocycles. The minimum atomic E-state index is 0.230. The molecule has 0 bridgehead atoms. The third-order valence-electron chi connectivity index (χ3n) is 3.72. The van der Waals surface area contributed by atoms with Crippen molar-refractivity contribution in [3.8, 4) is 5.75 Å². The molecule has 1 aromatic carbocycles. The van der Waals surface area contributed by atoms with E-state index in [-0.39, 0.29) is 6.07 Å². The van der Waals surface area contributed by atoms with Gasteiger partial charge < -0.3 is 4.74 Å². The third kappa shape index (κ3) is 2.77. The lowest BCUT2D eigenvalue weighted by atomic mass is 9.90. The topological polar surface area (TPSA) is 9.23 Å². The highest BCUT2D eigenvalue weighted by atomic mass is 35.5. The molecule has 0 spiro atoms. The number of hydrogen-bond donors (Lipinski definition) is 0. The molecule has 94 valence electrons. The predicted molar refractivity (Wildman–Crippen MR) is 73.0 cm³/mol. The summed E-state index contributed by atoms with van der Waals surface area (Å²) >= 11 is 5.76. The first-order chi connectivity index (χ1) is 8.15. The second-order valence-electron chi connectivity index (χ2n) is 5.30. The molecule has 1 nitrogen and oxygen atoms in total. The molecule has 2 rings (SSSR count). The highest BCUT2D eigenvalue weighted by molar-refractivity contribution is 6.17. The van der Waals surface area contributed by atoms with Crippen LogP contribution in [0.25, 0.3) is 0 Å². The van der Waals surface area contributed by atoms with Gasteiger partial charge in [0.15, 0.2) is 6.07 Å². The maximum Gasteiger partial charge on any atom is 0.162 e. The zero-order chi connectivity index (χ0) is 12.4. The summed E-state index contributed by atoms with van der Waals surface area (Å²) in [6.07, 6.45) is 2.71. The van der Waals surface area contributed by atoms with Gasteiger partial charge in [-0.15, -0.1) is 0 Å². The molecule has 0 aromatic heterocycles. The van der Waals surface area contributed by atoms with Gasteiger partial charge in [-0.1, -0.05) is 50.6 Å². The van der Waals surface area contributed by atoms with Crippen LogP contribution in [-0.4, -0.2) is 6.07 Å². The van der Waals surface area contributed by atoms with Gasteiger partial charge in [0, 0.05) is 0 Å². The molecule has 1 saturated carbocycles. The summed E-state index contributed by atoms with van der Waals surface area (Å²) in [5.41, 5.74) is 2.61. The van der Waals surface area contributed by atoms with E-state index < -0.39 is 0 Å². The Hall–Kier alpha value is -0.690. The number of benzene rings is 1. The minimum Gasteiger partial charge on any atom is -0.477 e. The maximum atomic E-state index is 5.76. The summed E-state index contributed by atoms with van der Waals surface area (Å²) in [4.78, 5) is 0. The molecule has 0 aliphatic heterocycles. The third-order valence-corrected chi connectivity index (χ3v) is 3.83. The van der Waals surface area contributed by atoms with Crippen LogP contribution in [0.1, 0.15) is 56.6 Å². The van der Waals surface area contributed by atoms with Crippen LogP contribution >= 0.6 is 11.6 Å². The Morgan fingerprint density at radius 1 is 1.24 bits per heavy atom. The van der Waals surface area contributed by atoms with Crippen LogP contribution in [0.5, 0.6) is 5.75 Å². The number of ether oxygens (including phenoxy) is 1. The van der Waals surface area contributed by atoms with Crippen molar-refractivity contribution in [2.45, 2.75) is 45.4 Å². The Kier molecular flexibility index (Phi) is 3.98. The van der Waals surface area contributed by atoms with Crippen LogP contribution in [0.3, 0.4) is 0 Å². The van der Waals surface area contributed by atoms with Crippen LogP contribution in [-0.2, 0) is 0 Å². The van der Waals surface area contributed by atoms with Crippen molar-refractivity contribution in [3.05, 3.63) is 29.3 Å². The molecule has 0 radical (unpaired) electrons. The average Bonchev–Trinajstić information content (AvgIpc) is 3.12. The Balaban J connectivity index is 2.38. The molecule has 17 heavy (non-hydrogen) atoms. The summed E-state index contributed by atoms with van der Waals surface area (Å²) in [7, 11) is 0. The largest absolute Gasteiger partial charge is 0.477 e. The Labute approximate surface area is 109 Å². The van der Waals surface area contributed by atoms with Crippen LogP contribution in [0, 0.1) is 5.92 Å². The van der Waals surface area contributed by atoms with Crippen molar-refractivity contribution >= 4 is 11.6 Å². The molecule has 0 N–H and O–H groups in total. The lowest BCUT2D eigenvalue weighted by Gasteiger charge is -2.20. The van der Waals surface area contributed by atoms with Gasteiger partial charge in [-0.05, 0) is 41.7 Å². The second-order valence-corrected chi connectivity index (χ2v) is 5.52. The molecule has 0 saturated heterocycles. The van der Waals surface area contributed by atoms with Gasteiger partial charge in [-0.25, -0.2) is 0 Å². The molecule has 1 aliphatic carbocycles. The van der Waals surface area contributed by atoms with E-state index in [1.54, 1.807) is 0 Å². The smallest absolute Gasteiger partial charge is 0.162 e. The number of rotatable bonds is 5. The molecule has 1 aliphatic rings. The summed E-state index contributed by atoms with van der Waals surface area (Å²) in [6.45, 7) is 6.70. The molecule has 1 atom stereocenters. The fraction of sp³-hybridized carbons (Fsp3) is 0.600. The van der Waals surface area contributed by atoms with Crippen molar-refractivity contribution in [2.75, 3.05) is 6.07 Å². The van der Waals surface area contributed by atoms with Crippen molar-refractivity contribution in [1.29, 1.82) is 0 Å². The molecule has 1 aromatic rings. The fourth-order valence-corrected chi connectivity index (χ4v) is 2.57. The molecule has 2 heteroatoms. The fourth-order valence-electron chi connectivity index (χ4n) is 2.46. The standard InChI is InChI=1S/C15H21ClO/c1-10(2)13-5-4-6-14(15(13)17-9-16)11(3)12-7-8-12/h4-6,10-12H,7-9H2,1-3H3/t11-/m0/s1. The lowest BCUT2D eigenvalue weighted by Crippen LogP contribution is -2.05. The monoisotopic (exact) mass is 252 g/mol. The zero-order valence-corrected chi connectivity index (χ0v) is 11.6. The summed E-state index contributed by atoms with van der Waals surface area (Å²) in [6, 6.07) is 6.71. The summed E-state index contributed by atoms with van der Waals surface area (Å²) in [5, 5.41) is 0. The van der Waals surface area contributed by atoms with Crippen molar-refractivity contribution in [2.24, 2.45) is 5.92 Å². The molecule has 0 amide bonds. The van der Waals surface area contributed by atoms with Gasteiger partial charge in [-0.3, -0.25) is 0 Å². The predicted octanol–water partition coefficient (Wildman–Crippen LogP) is 4.90. The number of halogens is 1. The van der Waals surface area contributed by atoms with Gasteiger partial charge in [0.05, 0.1) is 0 Å². The average molecular weight is 253 g/mol. The zero-order valence-electron chi connectivity index (χ0n) is 10.9. The van der Waals surface area contributed by atoms with Gasteiger partial charge in [0.1, 0.15) is 5.75 Å². The van der Waals surface area contributed by atoms with Gasteiger partial charge in [0.25, 0.3) is 0 Å². The summed E-state index contributed by atoms with van der Waals surface area (Å²) < 4.78 is 5.69. The van der Waals surface area contributed by atoms with Crippen LogP contribution < -0.4 is 4.74 Å². The quantitative estimate of drug-likeness (QED) is 0.678. The van der Waals surface area contributed by atoms with E-state index in [9.17, 15) is 0 Å². The number of alkyl halides is 1. The first-order valence-electron chi connectivity index (χ1n) is 6.46. The SMILES string of the molecule is CC(C)c1cccc([C@@H](C)C2CC2)c1OCCl. The molecular weight excluding hydrogens is 232 g/mol. The van der Waals surface area contributed by atoms with Crippen molar-refractivity contribution < 1.29 is 4.74 Å². The second kappa shape index (κ2) is 5.30. The number of para-hydroxylation sites is 1.